The van der Waals surface area contributed by atoms with Crippen LogP contribution in [0.2, 0.25) is 5.15 Å². The third-order valence-corrected chi connectivity index (χ3v) is 3.22. The zero-order valence-corrected chi connectivity index (χ0v) is 13.6. The van der Waals surface area contributed by atoms with E-state index in [1.54, 1.807) is 0 Å². The van der Waals surface area contributed by atoms with Gasteiger partial charge in [0, 0.05) is 12.3 Å². The number of hydrogen-bond acceptors (Lipinski definition) is 5. The van der Waals surface area contributed by atoms with Gasteiger partial charge in [-0.2, -0.15) is 13.2 Å². The van der Waals surface area contributed by atoms with Crippen molar-refractivity contribution in [2.75, 3.05) is 11.9 Å². The van der Waals surface area contributed by atoms with Crippen LogP contribution >= 0.6 is 11.6 Å². The van der Waals surface area contributed by atoms with Crippen LogP contribution in [-0.2, 0) is 4.74 Å². The van der Waals surface area contributed by atoms with Gasteiger partial charge >= 0.3 is 6.18 Å². The van der Waals surface area contributed by atoms with Crippen LogP contribution in [0.25, 0.3) is 0 Å². The summed E-state index contributed by atoms with van der Waals surface area (Å²) in [6.45, 7) is 1.28. The maximum absolute atomic E-state index is 12.6. The van der Waals surface area contributed by atoms with Gasteiger partial charge in [-0.1, -0.05) is 11.6 Å². The molecule has 0 aliphatic carbocycles. The van der Waals surface area contributed by atoms with Crippen LogP contribution in [0.1, 0.15) is 24.2 Å². The largest absolute Gasteiger partial charge is 0.477 e. The summed E-state index contributed by atoms with van der Waals surface area (Å²) in [4.78, 5) is 14.8. The van der Waals surface area contributed by atoms with Gasteiger partial charge in [0.1, 0.15) is 17.6 Å². The number of amides is 1. The first kappa shape index (κ1) is 19.8. The van der Waals surface area contributed by atoms with Crippen LogP contribution in [0.4, 0.5) is 19.0 Å². The third-order valence-electron chi connectivity index (χ3n) is 2.94. The smallest absolute Gasteiger partial charge is 0.397 e. The average molecular weight is 365 g/mol. The lowest BCUT2D eigenvalue weighted by molar-refractivity contribution is -0.220. The van der Waals surface area contributed by atoms with Gasteiger partial charge in [-0.15, -0.1) is 0 Å². The molecule has 132 valence electrons. The highest BCUT2D eigenvalue weighted by Gasteiger charge is 2.48. The van der Waals surface area contributed by atoms with E-state index < -0.39 is 30.0 Å². The zero-order valence-electron chi connectivity index (χ0n) is 12.9. The standard InChI is InChI=1S/C14H16ClF3N4O2/c1-13(2,14(16,17)18)7-24-9(19)5-6-21-10-4-3-8(12(20)23)11(15)22-10/h3-6,19H,7H2,1-2H3,(H2,20,23)(H,21,22)/b6-5-,19-9?. The van der Waals surface area contributed by atoms with Crippen molar-refractivity contribution >= 4 is 29.2 Å². The Balaban J connectivity index is 2.57. The molecule has 0 unspecified atom stereocenters. The molecule has 0 atom stereocenters. The molecule has 6 nitrogen and oxygen atoms in total. The first-order valence-electron chi connectivity index (χ1n) is 6.61. The molecule has 0 saturated carbocycles. The predicted molar refractivity (Wildman–Crippen MR) is 84.0 cm³/mol. The van der Waals surface area contributed by atoms with E-state index in [-0.39, 0.29) is 16.5 Å². The lowest BCUT2D eigenvalue weighted by atomic mass is 9.94. The fourth-order valence-corrected chi connectivity index (χ4v) is 1.54. The van der Waals surface area contributed by atoms with Crippen molar-refractivity contribution in [2.24, 2.45) is 11.1 Å². The number of anilines is 1. The number of carbonyl (C=O) groups excluding carboxylic acids is 1. The van der Waals surface area contributed by atoms with E-state index in [1.165, 1.54) is 18.3 Å². The molecule has 0 aliphatic rings. The van der Waals surface area contributed by atoms with Gasteiger partial charge in [0.15, 0.2) is 0 Å². The van der Waals surface area contributed by atoms with Crippen LogP contribution in [0.15, 0.2) is 24.4 Å². The van der Waals surface area contributed by atoms with Crippen molar-refractivity contribution in [3.8, 4) is 0 Å². The number of nitrogens with one attached hydrogen (secondary N) is 2. The molecule has 0 saturated heterocycles. The van der Waals surface area contributed by atoms with Crippen molar-refractivity contribution in [1.29, 1.82) is 5.41 Å². The summed E-state index contributed by atoms with van der Waals surface area (Å²) in [7, 11) is 0. The fourth-order valence-electron chi connectivity index (χ4n) is 1.29. The Hall–Kier alpha value is -2.29. The summed E-state index contributed by atoms with van der Waals surface area (Å²) in [6.07, 6.45) is -2.08. The van der Waals surface area contributed by atoms with Gasteiger partial charge in [-0.05, 0) is 26.0 Å². The first-order valence-corrected chi connectivity index (χ1v) is 6.99. The maximum atomic E-state index is 12.6. The Morgan fingerprint density at radius 3 is 2.58 bits per heavy atom. The Bertz CT molecular complexity index is 660. The minimum Gasteiger partial charge on any atom is -0.477 e. The molecule has 1 aromatic heterocycles. The molecule has 0 radical (unpaired) electrons. The van der Waals surface area contributed by atoms with E-state index in [0.29, 0.717) is 0 Å². The van der Waals surface area contributed by atoms with Crippen LogP contribution in [-0.4, -0.2) is 29.6 Å². The SMILES string of the molecule is CC(C)(COC(=N)/C=C\Nc1ccc(C(N)=O)c(Cl)n1)C(F)(F)F. The minimum atomic E-state index is -4.43. The number of rotatable bonds is 6. The monoisotopic (exact) mass is 364 g/mol. The highest BCUT2D eigenvalue weighted by molar-refractivity contribution is 6.32. The number of halogens is 4. The minimum absolute atomic E-state index is 0.0525. The summed E-state index contributed by atoms with van der Waals surface area (Å²) in [6, 6.07) is 2.79. The van der Waals surface area contributed by atoms with Gasteiger partial charge < -0.3 is 15.8 Å². The molecule has 0 bridgehead atoms. The lowest BCUT2D eigenvalue weighted by Gasteiger charge is -2.27. The van der Waals surface area contributed by atoms with Crippen LogP contribution < -0.4 is 11.1 Å². The summed E-state index contributed by atoms with van der Waals surface area (Å²) in [5.74, 6) is -0.929. The normalized spacial score (nSPS) is 12.2. The Morgan fingerprint density at radius 1 is 1.46 bits per heavy atom. The van der Waals surface area contributed by atoms with E-state index >= 15 is 0 Å². The van der Waals surface area contributed by atoms with E-state index in [1.807, 2.05) is 0 Å². The zero-order chi connectivity index (χ0) is 18.5. The molecule has 0 aliphatic heterocycles. The van der Waals surface area contributed by atoms with Crippen molar-refractivity contribution in [1.82, 2.24) is 4.98 Å². The number of aromatic nitrogens is 1. The topological polar surface area (TPSA) is 101 Å². The van der Waals surface area contributed by atoms with E-state index in [4.69, 9.17) is 27.5 Å². The molecule has 1 heterocycles. The number of alkyl halides is 3. The fraction of sp³-hybridized carbons (Fsp3) is 0.357. The van der Waals surface area contributed by atoms with E-state index in [9.17, 15) is 18.0 Å². The number of carbonyl (C=O) groups is 1. The number of primary amides is 1. The molecule has 4 N–H and O–H groups in total. The first-order chi connectivity index (χ1) is 10.9. The molecule has 0 fully saturated rings. The highest BCUT2D eigenvalue weighted by atomic mass is 35.5. The molecule has 1 aromatic rings. The van der Waals surface area contributed by atoms with Crippen LogP contribution in [0.5, 0.6) is 0 Å². The van der Waals surface area contributed by atoms with Gasteiger partial charge in [0.2, 0.25) is 5.90 Å². The van der Waals surface area contributed by atoms with Gasteiger partial charge in [-0.3, -0.25) is 10.2 Å². The summed E-state index contributed by atoms with van der Waals surface area (Å²) in [5.41, 5.74) is 3.06. The van der Waals surface area contributed by atoms with Crippen molar-refractivity contribution in [3.05, 3.63) is 35.1 Å². The van der Waals surface area contributed by atoms with E-state index in [2.05, 4.69) is 10.3 Å². The number of nitrogens with two attached hydrogens (primary N) is 1. The quantitative estimate of drug-likeness (QED) is 0.409. The van der Waals surface area contributed by atoms with Crippen molar-refractivity contribution in [2.45, 2.75) is 20.0 Å². The van der Waals surface area contributed by atoms with Gasteiger partial charge in [0.05, 0.1) is 11.0 Å². The average Bonchev–Trinajstić information content (AvgIpc) is 2.43. The van der Waals surface area contributed by atoms with Crippen LogP contribution in [0.3, 0.4) is 0 Å². The Kier molecular flexibility index (Phi) is 6.19. The third kappa shape index (κ3) is 5.41. The molecule has 0 spiro atoms. The highest BCUT2D eigenvalue weighted by Crippen LogP contribution is 2.37. The molecular weight excluding hydrogens is 349 g/mol. The molecule has 10 heteroatoms. The molecule has 24 heavy (non-hydrogen) atoms. The number of pyridine rings is 1. The van der Waals surface area contributed by atoms with Gasteiger partial charge in [0.25, 0.3) is 5.91 Å². The van der Waals surface area contributed by atoms with Crippen molar-refractivity contribution < 1.29 is 22.7 Å². The Labute approximate surface area is 141 Å². The summed E-state index contributed by atoms with van der Waals surface area (Å²) in [5, 5.41) is 9.99. The number of nitrogens with zero attached hydrogens (tertiary/aromatic N) is 1. The maximum Gasteiger partial charge on any atom is 0.397 e. The second kappa shape index (κ2) is 7.52. The lowest BCUT2D eigenvalue weighted by Crippen LogP contribution is -2.37. The van der Waals surface area contributed by atoms with Crippen molar-refractivity contribution in [3.63, 3.8) is 0 Å². The second-order valence-corrected chi connectivity index (χ2v) is 5.77. The predicted octanol–water partition coefficient (Wildman–Crippen LogP) is 3.34. The van der Waals surface area contributed by atoms with Gasteiger partial charge in [-0.25, -0.2) is 4.98 Å². The second-order valence-electron chi connectivity index (χ2n) is 5.41. The molecule has 0 aromatic carbocycles. The molecule has 1 amide bonds. The Morgan fingerprint density at radius 2 is 2.08 bits per heavy atom. The number of ether oxygens (including phenoxy) is 1. The molecular formula is C14H16ClF3N4O2. The summed E-state index contributed by atoms with van der Waals surface area (Å²) >= 11 is 5.76. The molecule has 1 rings (SSSR count). The summed E-state index contributed by atoms with van der Waals surface area (Å²) < 4.78 is 42.7. The van der Waals surface area contributed by atoms with E-state index in [0.717, 1.165) is 19.9 Å². The van der Waals surface area contributed by atoms with Crippen LogP contribution in [0, 0.1) is 10.8 Å². The number of hydrogen-bond donors (Lipinski definition) is 3.